The molecule has 0 aliphatic carbocycles. The number of carbonyl (C=O) groups is 1. The van der Waals surface area contributed by atoms with E-state index >= 15 is 0 Å². The highest BCUT2D eigenvalue weighted by Gasteiger charge is 2.23. The maximum Gasteiger partial charge on any atom is 0.344 e. The average molecular weight is 247 g/mol. The SMILES string of the molecule is O=C1OCOc2c1ccc(F)c2Br. The van der Waals surface area contributed by atoms with Crippen molar-refractivity contribution < 1.29 is 18.7 Å². The van der Waals surface area contributed by atoms with Crippen molar-refractivity contribution in [3.63, 3.8) is 0 Å². The molecule has 1 heterocycles. The predicted octanol–water partition coefficient (Wildman–Crippen LogP) is 2.09. The molecule has 0 saturated heterocycles. The second kappa shape index (κ2) is 2.99. The van der Waals surface area contributed by atoms with E-state index in [1.807, 2.05) is 0 Å². The van der Waals surface area contributed by atoms with Crippen LogP contribution in [0.3, 0.4) is 0 Å². The molecule has 0 fully saturated rings. The van der Waals surface area contributed by atoms with Crippen LogP contribution in [0.25, 0.3) is 0 Å². The third-order valence-corrected chi connectivity index (χ3v) is 2.40. The zero-order chi connectivity index (χ0) is 9.42. The molecule has 0 unspecified atom stereocenters. The molecular weight excluding hydrogens is 243 g/mol. The molecule has 0 atom stereocenters. The smallest absolute Gasteiger partial charge is 0.344 e. The van der Waals surface area contributed by atoms with Gasteiger partial charge in [-0.15, -0.1) is 0 Å². The molecule has 3 nitrogen and oxygen atoms in total. The Hall–Kier alpha value is -1.10. The minimum absolute atomic E-state index is 0.154. The summed E-state index contributed by atoms with van der Waals surface area (Å²) in [7, 11) is 0. The highest BCUT2D eigenvalue weighted by molar-refractivity contribution is 9.10. The largest absolute Gasteiger partial charge is 0.455 e. The third kappa shape index (κ3) is 1.29. The quantitative estimate of drug-likeness (QED) is 0.658. The van der Waals surface area contributed by atoms with E-state index in [-0.39, 0.29) is 22.6 Å². The molecule has 1 aliphatic rings. The third-order valence-electron chi connectivity index (χ3n) is 1.66. The van der Waals surface area contributed by atoms with Crippen LogP contribution in [0.15, 0.2) is 16.6 Å². The van der Waals surface area contributed by atoms with E-state index in [1.54, 1.807) is 0 Å². The molecule has 0 N–H and O–H groups in total. The summed E-state index contributed by atoms with van der Waals surface area (Å²) in [5.74, 6) is -0.758. The van der Waals surface area contributed by atoms with Gasteiger partial charge in [0.1, 0.15) is 11.4 Å². The highest BCUT2D eigenvalue weighted by atomic mass is 79.9. The van der Waals surface area contributed by atoms with Gasteiger partial charge in [-0.25, -0.2) is 9.18 Å². The Morgan fingerprint density at radius 1 is 1.38 bits per heavy atom. The maximum absolute atomic E-state index is 13.0. The van der Waals surface area contributed by atoms with Crippen LogP contribution in [0.2, 0.25) is 0 Å². The Morgan fingerprint density at radius 3 is 2.92 bits per heavy atom. The fourth-order valence-corrected chi connectivity index (χ4v) is 1.51. The summed E-state index contributed by atoms with van der Waals surface area (Å²) >= 11 is 2.99. The number of rotatable bonds is 0. The first-order valence-corrected chi connectivity index (χ1v) is 4.27. The molecule has 1 aliphatic heterocycles. The van der Waals surface area contributed by atoms with Crippen molar-refractivity contribution in [3.05, 3.63) is 28.0 Å². The molecule has 1 aromatic carbocycles. The van der Waals surface area contributed by atoms with Crippen LogP contribution < -0.4 is 4.74 Å². The van der Waals surface area contributed by atoms with Crippen molar-refractivity contribution in [3.8, 4) is 5.75 Å². The number of fused-ring (bicyclic) bond motifs is 1. The Balaban J connectivity index is 2.63. The minimum Gasteiger partial charge on any atom is -0.455 e. The van der Waals surface area contributed by atoms with Crippen molar-refractivity contribution >= 4 is 21.9 Å². The lowest BCUT2D eigenvalue weighted by Crippen LogP contribution is -2.19. The number of benzene rings is 1. The number of carbonyl (C=O) groups excluding carboxylic acids is 1. The lowest BCUT2D eigenvalue weighted by atomic mass is 10.2. The van der Waals surface area contributed by atoms with Gasteiger partial charge in [0.25, 0.3) is 0 Å². The summed E-state index contributed by atoms with van der Waals surface area (Å²) in [4.78, 5) is 11.1. The fourth-order valence-electron chi connectivity index (χ4n) is 1.05. The van der Waals surface area contributed by atoms with Gasteiger partial charge in [-0.05, 0) is 28.1 Å². The van der Waals surface area contributed by atoms with Crippen molar-refractivity contribution in [1.82, 2.24) is 0 Å². The number of esters is 1. The summed E-state index contributed by atoms with van der Waals surface area (Å²) in [6.45, 7) is -0.173. The van der Waals surface area contributed by atoms with Gasteiger partial charge in [-0.2, -0.15) is 0 Å². The Kier molecular flexibility index (Phi) is 1.95. The second-order valence-corrected chi connectivity index (χ2v) is 3.23. The normalized spacial score (nSPS) is 14.5. The van der Waals surface area contributed by atoms with Gasteiger partial charge in [-0.1, -0.05) is 0 Å². The molecule has 13 heavy (non-hydrogen) atoms. The Morgan fingerprint density at radius 2 is 2.15 bits per heavy atom. The summed E-state index contributed by atoms with van der Waals surface area (Å²) in [5, 5.41) is 0. The topological polar surface area (TPSA) is 35.5 Å². The van der Waals surface area contributed by atoms with Crippen molar-refractivity contribution in [2.75, 3.05) is 6.79 Å². The number of halogens is 2. The highest BCUT2D eigenvalue weighted by Crippen LogP contribution is 2.34. The Labute approximate surface area is 81.6 Å². The first kappa shape index (κ1) is 8.50. The van der Waals surface area contributed by atoms with Crippen LogP contribution >= 0.6 is 15.9 Å². The molecule has 0 radical (unpaired) electrons. The molecular formula is C8H4BrFO3. The zero-order valence-electron chi connectivity index (χ0n) is 6.34. The van der Waals surface area contributed by atoms with Crippen LogP contribution in [0.5, 0.6) is 5.75 Å². The van der Waals surface area contributed by atoms with Gasteiger partial charge in [0.05, 0.1) is 4.47 Å². The van der Waals surface area contributed by atoms with E-state index in [2.05, 4.69) is 20.7 Å². The van der Waals surface area contributed by atoms with Crippen molar-refractivity contribution in [2.24, 2.45) is 0 Å². The molecule has 0 spiro atoms. The Bertz CT molecular complexity index is 378. The van der Waals surface area contributed by atoms with Crippen LogP contribution in [0.1, 0.15) is 10.4 Å². The molecule has 0 bridgehead atoms. The van der Waals surface area contributed by atoms with Gasteiger partial charge in [-0.3, -0.25) is 0 Å². The fraction of sp³-hybridized carbons (Fsp3) is 0.125. The van der Waals surface area contributed by atoms with Gasteiger partial charge in [0, 0.05) is 0 Å². The molecule has 2 rings (SSSR count). The van der Waals surface area contributed by atoms with Crippen molar-refractivity contribution in [1.29, 1.82) is 0 Å². The molecule has 0 amide bonds. The van der Waals surface area contributed by atoms with E-state index < -0.39 is 11.8 Å². The lowest BCUT2D eigenvalue weighted by Gasteiger charge is -2.17. The second-order valence-electron chi connectivity index (χ2n) is 2.43. The van der Waals surface area contributed by atoms with E-state index in [0.717, 1.165) is 0 Å². The molecule has 0 saturated carbocycles. The monoisotopic (exact) mass is 246 g/mol. The summed E-state index contributed by atoms with van der Waals surface area (Å²) in [6.07, 6.45) is 0. The molecule has 0 aromatic heterocycles. The zero-order valence-corrected chi connectivity index (χ0v) is 7.93. The van der Waals surface area contributed by atoms with Gasteiger partial charge < -0.3 is 9.47 Å². The van der Waals surface area contributed by atoms with Crippen LogP contribution in [0, 0.1) is 5.82 Å². The minimum atomic E-state index is -0.498. The summed E-state index contributed by atoms with van der Waals surface area (Å²) in [5.41, 5.74) is 0.236. The van der Waals surface area contributed by atoms with E-state index in [0.29, 0.717) is 0 Å². The molecule has 68 valence electrons. The van der Waals surface area contributed by atoms with E-state index in [4.69, 9.17) is 4.74 Å². The summed E-state index contributed by atoms with van der Waals surface area (Å²) < 4.78 is 22.7. The lowest BCUT2D eigenvalue weighted by molar-refractivity contribution is 0.00444. The number of hydrogen-bond donors (Lipinski definition) is 0. The predicted molar refractivity (Wildman–Crippen MR) is 45.0 cm³/mol. The first-order valence-electron chi connectivity index (χ1n) is 3.48. The van der Waals surface area contributed by atoms with Crippen LogP contribution in [-0.4, -0.2) is 12.8 Å². The van der Waals surface area contributed by atoms with Crippen LogP contribution in [0.4, 0.5) is 4.39 Å². The summed E-state index contributed by atoms with van der Waals surface area (Å²) in [6, 6.07) is 2.51. The first-order chi connectivity index (χ1) is 6.20. The van der Waals surface area contributed by atoms with Gasteiger partial charge in [0.15, 0.2) is 5.75 Å². The van der Waals surface area contributed by atoms with Gasteiger partial charge >= 0.3 is 5.97 Å². The van der Waals surface area contributed by atoms with Crippen molar-refractivity contribution in [2.45, 2.75) is 0 Å². The van der Waals surface area contributed by atoms with Gasteiger partial charge in [0.2, 0.25) is 6.79 Å². The van der Waals surface area contributed by atoms with Crippen LogP contribution in [-0.2, 0) is 4.74 Å². The number of cyclic esters (lactones) is 1. The standard InChI is InChI=1S/C8H4BrFO3/c9-6-5(10)2-1-4-7(6)12-3-13-8(4)11/h1-2H,3H2. The average Bonchev–Trinajstić information content (AvgIpc) is 2.12. The molecule has 1 aromatic rings. The maximum atomic E-state index is 13.0. The van der Waals surface area contributed by atoms with E-state index in [1.165, 1.54) is 12.1 Å². The van der Waals surface area contributed by atoms with E-state index in [9.17, 15) is 9.18 Å². The number of hydrogen-bond acceptors (Lipinski definition) is 3. The number of ether oxygens (including phenoxy) is 2. The molecule has 5 heteroatoms.